The Morgan fingerprint density at radius 2 is 2.24 bits per heavy atom. The molecule has 1 aliphatic heterocycles. The summed E-state index contributed by atoms with van der Waals surface area (Å²) in [7, 11) is 1.62. The van der Waals surface area contributed by atoms with Crippen molar-refractivity contribution in [3.05, 3.63) is 23.8 Å². The van der Waals surface area contributed by atoms with Crippen molar-refractivity contribution in [2.24, 2.45) is 5.41 Å². The lowest BCUT2D eigenvalue weighted by molar-refractivity contribution is -0.0991. The van der Waals surface area contributed by atoms with E-state index in [4.69, 9.17) is 9.47 Å². The molecule has 2 rings (SSSR count). The van der Waals surface area contributed by atoms with Gasteiger partial charge < -0.3 is 19.9 Å². The smallest absolute Gasteiger partial charge is 0.120 e. The van der Waals surface area contributed by atoms with Gasteiger partial charge in [-0.15, -0.1) is 0 Å². The molecule has 0 saturated carbocycles. The number of phenolic OH excluding ortho intramolecular Hbond substituents is 1. The topological polar surface area (TPSA) is 50.7 Å². The van der Waals surface area contributed by atoms with Crippen LogP contribution in [0.5, 0.6) is 11.5 Å². The zero-order chi connectivity index (χ0) is 12.3. The lowest BCUT2D eigenvalue weighted by Crippen LogP contribution is -2.47. The molecule has 0 radical (unpaired) electrons. The first kappa shape index (κ1) is 12.2. The second-order valence-electron chi connectivity index (χ2n) is 4.90. The first-order valence-electron chi connectivity index (χ1n) is 5.77. The highest BCUT2D eigenvalue weighted by atomic mass is 16.5. The van der Waals surface area contributed by atoms with Crippen LogP contribution in [0.15, 0.2) is 18.2 Å². The Bertz CT molecular complexity index is 388. The Morgan fingerprint density at radius 1 is 1.47 bits per heavy atom. The maximum atomic E-state index is 9.71. The molecule has 1 saturated heterocycles. The van der Waals surface area contributed by atoms with Crippen molar-refractivity contribution in [2.45, 2.75) is 13.5 Å². The number of phenols is 1. The van der Waals surface area contributed by atoms with Crippen molar-refractivity contribution >= 4 is 0 Å². The maximum Gasteiger partial charge on any atom is 0.120 e. The molecule has 0 aliphatic carbocycles. The normalized spacial score (nSPS) is 17.5. The van der Waals surface area contributed by atoms with E-state index in [-0.39, 0.29) is 5.41 Å². The fourth-order valence-corrected chi connectivity index (χ4v) is 1.88. The molecular weight excluding hydrogens is 218 g/mol. The predicted molar refractivity (Wildman–Crippen MR) is 65.3 cm³/mol. The second-order valence-corrected chi connectivity index (χ2v) is 4.90. The second kappa shape index (κ2) is 4.94. The SMILES string of the molecule is COc1ccc(O)c(CNCC2(C)COC2)c1. The van der Waals surface area contributed by atoms with Crippen LogP contribution in [0, 0.1) is 5.41 Å². The van der Waals surface area contributed by atoms with E-state index in [1.165, 1.54) is 0 Å². The van der Waals surface area contributed by atoms with E-state index in [2.05, 4.69) is 12.2 Å². The van der Waals surface area contributed by atoms with Crippen molar-refractivity contribution in [1.29, 1.82) is 0 Å². The Balaban J connectivity index is 1.89. The number of rotatable bonds is 5. The average molecular weight is 237 g/mol. The molecule has 4 heteroatoms. The first-order valence-corrected chi connectivity index (χ1v) is 5.77. The van der Waals surface area contributed by atoms with Gasteiger partial charge in [0.25, 0.3) is 0 Å². The van der Waals surface area contributed by atoms with Gasteiger partial charge in [0.1, 0.15) is 11.5 Å². The van der Waals surface area contributed by atoms with E-state index < -0.39 is 0 Å². The number of ether oxygens (including phenoxy) is 2. The Kier molecular flexibility index (Phi) is 3.54. The molecule has 0 amide bonds. The van der Waals surface area contributed by atoms with Crippen LogP contribution in [0.3, 0.4) is 0 Å². The number of methoxy groups -OCH3 is 1. The summed E-state index contributed by atoms with van der Waals surface area (Å²) in [5.74, 6) is 1.06. The fourth-order valence-electron chi connectivity index (χ4n) is 1.88. The first-order chi connectivity index (χ1) is 8.13. The lowest BCUT2D eigenvalue weighted by atomic mass is 9.89. The van der Waals surface area contributed by atoms with Gasteiger partial charge in [0.05, 0.1) is 20.3 Å². The standard InChI is InChI=1S/C13H19NO3/c1-13(8-17-9-13)7-14-6-10-5-11(16-2)3-4-12(10)15/h3-5,14-15H,6-9H2,1-2H3. The lowest BCUT2D eigenvalue weighted by Gasteiger charge is -2.38. The Labute approximate surface area is 102 Å². The van der Waals surface area contributed by atoms with Crippen molar-refractivity contribution in [2.75, 3.05) is 26.9 Å². The quantitative estimate of drug-likeness (QED) is 0.815. The molecule has 0 bridgehead atoms. The molecule has 0 aromatic heterocycles. The minimum atomic E-state index is 0.245. The van der Waals surface area contributed by atoms with Crippen molar-refractivity contribution in [3.63, 3.8) is 0 Å². The van der Waals surface area contributed by atoms with E-state index in [1.54, 1.807) is 19.2 Å². The van der Waals surface area contributed by atoms with Gasteiger partial charge >= 0.3 is 0 Å². The third-order valence-corrected chi connectivity index (χ3v) is 3.05. The van der Waals surface area contributed by atoms with Gasteiger partial charge in [0.15, 0.2) is 0 Å². The largest absolute Gasteiger partial charge is 0.508 e. The maximum absolute atomic E-state index is 9.71. The van der Waals surface area contributed by atoms with Gasteiger partial charge in [-0.05, 0) is 18.2 Å². The van der Waals surface area contributed by atoms with Gasteiger partial charge in [-0.1, -0.05) is 6.92 Å². The van der Waals surface area contributed by atoms with E-state index >= 15 is 0 Å². The van der Waals surface area contributed by atoms with Crippen LogP contribution >= 0.6 is 0 Å². The third-order valence-electron chi connectivity index (χ3n) is 3.05. The van der Waals surface area contributed by atoms with Crippen LogP contribution in [0.2, 0.25) is 0 Å². The molecule has 1 aliphatic rings. The Morgan fingerprint density at radius 3 is 2.82 bits per heavy atom. The number of nitrogens with one attached hydrogen (secondary N) is 1. The zero-order valence-electron chi connectivity index (χ0n) is 10.3. The summed E-state index contributed by atoms with van der Waals surface area (Å²) >= 11 is 0. The van der Waals surface area contributed by atoms with Crippen LogP contribution in [0.4, 0.5) is 0 Å². The molecule has 2 N–H and O–H groups in total. The monoisotopic (exact) mass is 237 g/mol. The molecule has 0 spiro atoms. The van der Waals surface area contributed by atoms with Crippen LogP contribution < -0.4 is 10.1 Å². The van der Waals surface area contributed by atoms with Crippen LogP contribution in [0.1, 0.15) is 12.5 Å². The Hall–Kier alpha value is -1.26. The molecule has 1 aromatic rings. The van der Waals surface area contributed by atoms with Gasteiger partial charge in [0.2, 0.25) is 0 Å². The minimum Gasteiger partial charge on any atom is -0.508 e. The molecule has 17 heavy (non-hydrogen) atoms. The summed E-state index contributed by atoms with van der Waals surface area (Å²) in [5, 5.41) is 13.1. The predicted octanol–water partition coefficient (Wildman–Crippen LogP) is 1.53. The summed E-state index contributed by atoms with van der Waals surface area (Å²) in [4.78, 5) is 0. The van der Waals surface area contributed by atoms with E-state index in [1.807, 2.05) is 6.07 Å². The van der Waals surface area contributed by atoms with Gasteiger partial charge in [-0.3, -0.25) is 0 Å². The van der Waals surface area contributed by atoms with E-state index in [0.717, 1.165) is 31.1 Å². The fraction of sp³-hybridized carbons (Fsp3) is 0.538. The molecule has 1 fully saturated rings. The summed E-state index contributed by atoms with van der Waals surface area (Å²) in [6.45, 7) is 5.34. The minimum absolute atomic E-state index is 0.245. The van der Waals surface area contributed by atoms with Crippen molar-refractivity contribution in [3.8, 4) is 11.5 Å². The van der Waals surface area contributed by atoms with Crippen LogP contribution in [-0.4, -0.2) is 32.0 Å². The third kappa shape index (κ3) is 2.90. The van der Waals surface area contributed by atoms with Crippen molar-refractivity contribution < 1.29 is 14.6 Å². The highest BCUT2D eigenvalue weighted by Crippen LogP contribution is 2.26. The zero-order valence-corrected chi connectivity index (χ0v) is 10.3. The summed E-state index contributed by atoms with van der Waals surface area (Å²) < 4.78 is 10.3. The highest BCUT2D eigenvalue weighted by molar-refractivity contribution is 5.39. The van der Waals surface area contributed by atoms with E-state index in [9.17, 15) is 5.11 Å². The molecule has 1 heterocycles. The molecule has 1 aromatic carbocycles. The van der Waals surface area contributed by atoms with Gasteiger partial charge in [-0.25, -0.2) is 0 Å². The van der Waals surface area contributed by atoms with Crippen molar-refractivity contribution in [1.82, 2.24) is 5.32 Å². The summed E-state index contributed by atoms with van der Waals surface area (Å²) in [6, 6.07) is 5.26. The molecule has 0 atom stereocenters. The molecule has 94 valence electrons. The number of benzene rings is 1. The van der Waals surface area contributed by atoms with E-state index in [0.29, 0.717) is 12.3 Å². The van der Waals surface area contributed by atoms with Gasteiger partial charge in [0, 0.05) is 24.1 Å². The number of hydrogen-bond donors (Lipinski definition) is 2. The molecular formula is C13H19NO3. The van der Waals surface area contributed by atoms with Gasteiger partial charge in [-0.2, -0.15) is 0 Å². The summed E-state index contributed by atoms with van der Waals surface area (Å²) in [5.41, 5.74) is 1.10. The molecule has 0 unspecified atom stereocenters. The van der Waals surface area contributed by atoms with Crippen LogP contribution in [-0.2, 0) is 11.3 Å². The summed E-state index contributed by atoms with van der Waals surface area (Å²) in [6.07, 6.45) is 0. The average Bonchev–Trinajstić information content (AvgIpc) is 2.29. The molecule has 4 nitrogen and oxygen atoms in total. The number of aromatic hydroxyl groups is 1. The highest BCUT2D eigenvalue weighted by Gasteiger charge is 2.32. The number of hydrogen-bond acceptors (Lipinski definition) is 4. The van der Waals surface area contributed by atoms with Crippen LogP contribution in [0.25, 0.3) is 0 Å².